The number of aromatic nitrogens is 10. The fourth-order valence-electron chi connectivity index (χ4n) is 10.4. The van der Waals surface area contributed by atoms with Crippen molar-refractivity contribution in [2.75, 3.05) is 0 Å². The predicted molar refractivity (Wildman–Crippen MR) is 314 cm³/mol. The number of pyridine rings is 2. The second kappa shape index (κ2) is 19.8. The van der Waals surface area contributed by atoms with Crippen LogP contribution >= 0.6 is 0 Å². The van der Waals surface area contributed by atoms with Gasteiger partial charge in [-0.2, -0.15) is 0 Å². The Morgan fingerprint density at radius 3 is 0.769 bits per heavy atom. The molecule has 0 N–H and O–H groups in total. The predicted octanol–water partition coefficient (Wildman–Crippen LogP) is 15.9. The number of rotatable bonds is 9. The van der Waals surface area contributed by atoms with Crippen LogP contribution in [0.25, 0.3) is 124 Å². The van der Waals surface area contributed by atoms with Crippen LogP contribution in [0.2, 0.25) is 0 Å². The van der Waals surface area contributed by atoms with Gasteiger partial charge >= 0.3 is 0 Å². The Labute approximate surface area is 449 Å². The van der Waals surface area contributed by atoms with Gasteiger partial charge in [0, 0.05) is 22.7 Å². The van der Waals surface area contributed by atoms with Crippen LogP contribution in [-0.4, -0.2) is 48.2 Å². The third-order valence-corrected chi connectivity index (χ3v) is 13.9. The number of benzene rings is 9. The zero-order valence-electron chi connectivity index (χ0n) is 42.0. The first-order chi connectivity index (χ1) is 38.7. The van der Waals surface area contributed by atoms with Gasteiger partial charge in [-0.25, -0.2) is 29.9 Å². The number of para-hydroxylation sites is 12. The fraction of sp³-hybridized carbons (Fsp3) is 0. The number of imidazole rings is 4. The third kappa shape index (κ3) is 8.36. The summed E-state index contributed by atoms with van der Waals surface area (Å²) in [5.74, 6) is 3.16. The summed E-state index contributed by atoms with van der Waals surface area (Å²) in [6.45, 7) is 0. The van der Waals surface area contributed by atoms with Gasteiger partial charge in [0.2, 0.25) is 0 Å². The van der Waals surface area contributed by atoms with E-state index in [1.54, 1.807) is 0 Å². The van der Waals surface area contributed by atoms with Crippen molar-refractivity contribution in [1.29, 1.82) is 0 Å². The van der Waals surface area contributed by atoms with Crippen molar-refractivity contribution < 1.29 is 0 Å². The molecule has 0 aliphatic rings. The maximum atomic E-state index is 5.30. The molecule has 10 heteroatoms. The zero-order chi connectivity index (χ0) is 51.8. The summed E-state index contributed by atoms with van der Waals surface area (Å²) in [6, 6.07) is 94.9. The number of nitrogens with zero attached hydrogens (tertiary/aromatic N) is 10. The molecule has 0 fully saturated rings. The van der Waals surface area contributed by atoms with Crippen LogP contribution in [0.5, 0.6) is 0 Å². The molecule has 0 atom stereocenters. The molecule has 0 amide bonds. The van der Waals surface area contributed by atoms with E-state index in [4.69, 9.17) is 29.9 Å². The summed E-state index contributed by atoms with van der Waals surface area (Å²) in [5.41, 5.74) is 17.3. The molecule has 10 nitrogen and oxygen atoms in total. The molecular formula is C68H46N10. The van der Waals surface area contributed by atoms with Crippen molar-refractivity contribution in [1.82, 2.24) is 48.2 Å². The normalized spacial score (nSPS) is 11.3. The van der Waals surface area contributed by atoms with Gasteiger partial charge in [0.1, 0.15) is 22.8 Å². The van der Waals surface area contributed by atoms with E-state index in [0.717, 1.165) is 124 Å². The molecule has 0 aliphatic heterocycles. The van der Waals surface area contributed by atoms with E-state index in [9.17, 15) is 0 Å². The van der Waals surface area contributed by atoms with Gasteiger partial charge in [-0.1, -0.05) is 158 Å². The monoisotopic (exact) mass is 1000 g/mol. The largest absolute Gasteiger partial charge is 0.291 e. The van der Waals surface area contributed by atoms with Crippen molar-refractivity contribution in [3.05, 3.63) is 279 Å². The Morgan fingerprint density at radius 1 is 0.192 bits per heavy atom. The van der Waals surface area contributed by atoms with Crippen LogP contribution in [0, 0.1) is 0 Å². The minimum Gasteiger partial charge on any atom is -0.291 e. The second-order valence-corrected chi connectivity index (χ2v) is 18.8. The smallest absolute Gasteiger partial charge is 0.164 e. The highest BCUT2D eigenvalue weighted by molar-refractivity contribution is 5.88. The Bertz CT molecular complexity index is 4330. The molecule has 0 aliphatic carbocycles. The molecule has 0 unspecified atom stereocenters. The van der Waals surface area contributed by atoms with Crippen LogP contribution in [0.4, 0.5) is 0 Å². The number of hydrogen-bond donors (Lipinski definition) is 0. The third-order valence-electron chi connectivity index (χ3n) is 13.9. The van der Waals surface area contributed by atoms with Gasteiger partial charge < -0.3 is 0 Å². The number of hydrogen-bond acceptors (Lipinski definition) is 6. The fourth-order valence-corrected chi connectivity index (χ4v) is 10.4. The van der Waals surface area contributed by atoms with Crippen molar-refractivity contribution >= 4 is 44.1 Å². The maximum absolute atomic E-state index is 5.30. The molecule has 15 aromatic rings. The van der Waals surface area contributed by atoms with Crippen LogP contribution < -0.4 is 0 Å². The maximum Gasteiger partial charge on any atom is 0.164 e. The van der Waals surface area contributed by atoms with E-state index in [2.05, 4.69) is 176 Å². The molecule has 0 radical (unpaired) electrons. The minimum absolute atomic E-state index is 0.776. The Morgan fingerprint density at radius 2 is 0.449 bits per heavy atom. The quantitative estimate of drug-likeness (QED) is 0.143. The molecule has 15 rings (SSSR count). The molecule has 0 saturated heterocycles. The summed E-state index contributed by atoms with van der Waals surface area (Å²) >= 11 is 0. The SMILES string of the molecule is c1ccc(-c2cc(-c3nc4ccccc4n3-c3ccccc3)nc(-c3nc4ccccc4n3-c3ccccc3)c2)cc1.c1ccc(-n2c(-c3cccc(-c4nc5ccccc5n4-c4ccccc4)n3)nc3ccccc32)cc1. The molecule has 9 aromatic carbocycles. The van der Waals surface area contributed by atoms with Gasteiger partial charge in [0.05, 0.1) is 44.1 Å². The van der Waals surface area contributed by atoms with E-state index in [0.29, 0.717) is 0 Å². The molecule has 0 spiro atoms. The summed E-state index contributed by atoms with van der Waals surface area (Å²) in [4.78, 5) is 30.6. The first kappa shape index (κ1) is 45.7. The zero-order valence-corrected chi connectivity index (χ0v) is 42.0. The standard InChI is InChI=1S/C37H25N5.C31H21N5/c1-4-14-26(15-5-1)27-24-32(36-39-30-20-10-12-22-34(30)41(36)28-16-6-2-7-17-28)38-33(25-27)37-40-31-21-11-13-23-35(31)42(37)29-18-8-3-9-19-29;1-3-12-22(13-4-1)35-28-20-9-7-16-24(28)33-30(35)26-18-11-19-27(32-26)31-34-25-17-8-10-21-29(25)36(31)23-14-5-2-6-15-23/h1-25H;1-21H. The lowest BCUT2D eigenvalue weighted by Gasteiger charge is -2.14. The lowest BCUT2D eigenvalue weighted by atomic mass is 10.0. The summed E-state index contributed by atoms with van der Waals surface area (Å²) in [5, 5.41) is 0. The van der Waals surface area contributed by atoms with E-state index in [-0.39, 0.29) is 0 Å². The minimum atomic E-state index is 0.776. The van der Waals surface area contributed by atoms with Crippen molar-refractivity contribution in [3.8, 4) is 79.9 Å². The van der Waals surface area contributed by atoms with Gasteiger partial charge in [-0.3, -0.25) is 18.3 Å². The van der Waals surface area contributed by atoms with Crippen molar-refractivity contribution in [3.63, 3.8) is 0 Å². The second-order valence-electron chi connectivity index (χ2n) is 18.8. The first-order valence-corrected chi connectivity index (χ1v) is 25.9. The number of fused-ring (bicyclic) bond motifs is 4. The Balaban J connectivity index is 0.000000143. The van der Waals surface area contributed by atoms with E-state index in [1.807, 2.05) is 121 Å². The molecule has 6 heterocycles. The lowest BCUT2D eigenvalue weighted by Crippen LogP contribution is -2.03. The highest BCUT2D eigenvalue weighted by Gasteiger charge is 2.23. The Kier molecular flexibility index (Phi) is 11.6. The highest BCUT2D eigenvalue weighted by atomic mass is 15.1. The molecule has 0 bridgehead atoms. The van der Waals surface area contributed by atoms with E-state index in [1.165, 1.54) is 0 Å². The van der Waals surface area contributed by atoms with Gasteiger partial charge in [0.25, 0.3) is 0 Å². The van der Waals surface area contributed by atoms with Crippen LogP contribution in [0.1, 0.15) is 0 Å². The van der Waals surface area contributed by atoms with Crippen molar-refractivity contribution in [2.24, 2.45) is 0 Å². The van der Waals surface area contributed by atoms with Gasteiger partial charge in [-0.15, -0.1) is 0 Å². The van der Waals surface area contributed by atoms with Crippen LogP contribution in [-0.2, 0) is 0 Å². The molecule has 6 aromatic heterocycles. The van der Waals surface area contributed by atoms with Crippen LogP contribution in [0.3, 0.4) is 0 Å². The highest BCUT2D eigenvalue weighted by Crippen LogP contribution is 2.36. The summed E-state index contributed by atoms with van der Waals surface area (Å²) < 4.78 is 8.72. The molecular weight excluding hydrogens is 957 g/mol. The Hall–Kier alpha value is -10.8. The van der Waals surface area contributed by atoms with E-state index >= 15 is 0 Å². The molecule has 78 heavy (non-hydrogen) atoms. The van der Waals surface area contributed by atoms with Crippen LogP contribution in [0.15, 0.2) is 279 Å². The topological polar surface area (TPSA) is 97.1 Å². The van der Waals surface area contributed by atoms with E-state index < -0.39 is 0 Å². The average molecular weight is 1000 g/mol. The lowest BCUT2D eigenvalue weighted by molar-refractivity contribution is 1.06. The van der Waals surface area contributed by atoms with Crippen molar-refractivity contribution in [2.45, 2.75) is 0 Å². The molecule has 0 saturated carbocycles. The summed E-state index contributed by atoms with van der Waals surface area (Å²) in [7, 11) is 0. The first-order valence-electron chi connectivity index (χ1n) is 25.9. The van der Waals surface area contributed by atoms with Gasteiger partial charge in [0.15, 0.2) is 23.3 Å². The molecule has 368 valence electrons. The van der Waals surface area contributed by atoms with Gasteiger partial charge in [-0.05, 0) is 132 Å². The summed E-state index contributed by atoms with van der Waals surface area (Å²) in [6.07, 6.45) is 0. The average Bonchev–Trinajstić information content (AvgIpc) is 4.51.